The molecule has 0 aromatic heterocycles. The zero-order chi connectivity index (χ0) is 21.9. The van der Waals surface area contributed by atoms with Gasteiger partial charge in [0.2, 0.25) is 0 Å². The third-order valence-electron chi connectivity index (χ3n) is 2.72. The Morgan fingerprint density at radius 3 is 1.04 bits per heavy atom. The summed E-state index contributed by atoms with van der Waals surface area (Å²) >= 11 is 0. The zero-order valence-electron chi connectivity index (χ0n) is 14.1. The summed E-state index contributed by atoms with van der Waals surface area (Å²) in [5.74, 6) is -10.0. The van der Waals surface area contributed by atoms with Gasteiger partial charge < -0.3 is 35.7 Å². The van der Waals surface area contributed by atoms with Crippen molar-refractivity contribution in [3.8, 4) is 11.5 Å². The van der Waals surface area contributed by atoms with Crippen molar-refractivity contribution in [2.75, 3.05) is 0 Å². The molecule has 0 amide bonds. The van der Waals surface area contributed by atoms with Crippen LogP contribution in [0.2, 0.25) is 0 Å². The van der Waals surface area contributed by atoms with E-state index in [-0.39, 0.29) is 0 Å². The van der Waals surface area contributed by atoms with Crippen LogP contribution >= 0.6 is 0 Å². The minimum absolute atomic E-state index is 0.433. The summed E-state index contributed by atoms with van der Waals surface area (Å²) in [5.41, 5.74) is -0.465. The fourth-order valence-corrected chi connectivity index (χ4v) is 0.959. The highest BCUT2D eigenvalue weighted by Gasteiger charge is 2.18. The number of rotatable bonds is 5. The van der Waals surface area contributed by atoms with Gasteiger partial charge in [0.25, 0.3) is 0 Å². The molecule has 12 nitrogen and oxygen atoms in total. The highest BCUT2D eigenvalue weighted by atomic mass is 16.4. The molecule has 0 heterocycles. The second-order valence-electron chi connectivity index (χ2n) is 4.77. The lowest BCUT2D eigenvalue weighted by molar-refractivity contribution is -0.155. The molecule has 27 heavy (non-hydrogen) atoms. The Hall–Kier alpha value is -3.83. The maximum absolute atomic E-state index is 10.3. The first-order valence-electron chi connectivity index (χ1n) is 6.89. The van der Waals surface area contributed by atoms with E-state index in [1.54, 1.807) is 0 Å². The van der Waals surface area contributed by atoms with Crippen LogP contribution < -0.4 is 0 Å². The molecule has 0 spiro atoms. The van der Waals surface area contributed by atoms with E-state index in [0.29, 0.717) is 0 Å². The lowest BCUT2D eigenvalue weighted by Gasteiger charge is -1.99. The van der Waals surface area contributed by atoms with Crippen molar-refractivity contribution in [3.63, 3.8) is 0 Å². The largest absolute Gasteiger partial charge is 0.507 e. The molecule has 0 saturated heterocycles. The predicted molar refractivity (Wildman–Crippen MR) is 85.6 cm³/mol. The Bertz CT molecular complexity index is 630. The Labute approximate surface area is 151 Å². The van der Waals surface area contributed by atoms with Crippen LogP contribution in [-0.2, 0) is 19.2 Å². The average Bonchev–Trinajstić information content (AvgIpc) is 2.53. The maximum Gasteiger partial charge on any atom is 0.343 e. The Morgan fingerprint density at radius 2 is 0.926 bits per heavy atom. The monoisotopic (exact) mass is 390 g/mol. The van der Waals surface area contributed by atoms with Crippen LogP contribution in [0.3, 0.4) is 0 Å². The van der Waals surface area contributed by atoms with Crippen molar-refractivity contribution in [1.29, 1.82) is 0 Å². The standard InChI is InChI=1S/C7H6O4.2C4H6O4/c8-4-2-1-3-5(9)6(4)7(10)11;2*1-2(3(5)6)4(7)8/h1-3,8-9H,(H,10,11);2*2H,1H3,(H,5,6)(H,7,8). The van der Waals surface area contributed by atoms with Gasteiger partial charge in [0, 0.05) is 0 Å². The van der Waals surface area contributed by atoms with Crippen LogP contribution in [0.4, 0.5) is 0 Å². The predicted octanol–water partition coefficient (Wildman–Crippen LogP) is 0.379. The smallest absolute Gasteiger partial charge is 0.343 e. The molecule has 0 radical (unpaired) electrons. The second kappa shape index (κ2) is 11.7. The summed E-state index contributed by atoms with van der Waals surface area (Å²) in [4.78, 5) is 49.4. The van der Waals surface area contributed by atoms with Gasteiger partial charge >= 0.3 is 29.8 Å². The van der Waals surface area contributed by atoms with Crippen molar-refractivity contribution in [3.05, 3.63) is 23.8 Å². The Morgan fingerprint density at radius 1 is 0.667 bits per heavy atom. The summed E-state index contributed by atoms with van der Waals surface area (Å²) < 4.78 is 0. The first kappa shape index (κ1) is 25.4. The summed E-state index contributed by atoms with van der Waals surface area (Å²) in [6.45, 7) is 2.23. The zero-order valence-corrected chi connectivity index (χ0v) is 14.1. The molecule has 0 unspecified atom stereocenters. The lowest BCUT2D eigenvalue weighted by atomic mass is 10.2. The molecule has 0 atom stereocenters. The topological polar surface area (TPSA) is 227 Å². The van der Waals surface area contributed by atoms with Gasteiger partial charge in [0.15, 0.2) is 11.8 Å². The molecule has 0 fully saturated rings. The van der Waals surface area contributed by atoms with Crippen molar-refractivity contribution >= 4 is 29.8 Å². The summed E-state index contributed by atoms with van der Waals surface area (Å²) in [6.07, 6.45) is 0. The molecule has 1 aromatic carbocycles. The van der Waals surface area contributed by atoms with E-state index in [0.717, 1.165) is 13.8 Å². The average molecular weight is 390 g/mol. The van der Waals surface area contributed by atoms with Crippen LogP contribution in [-0.4, -0.2) is 65.6 Å². The quantitative estimate of drug-likeness (QED) is 0.338. The highest BCUT2D eigenvalue weighted by Crippen LogP contribution is 2.25. The summed E-state index contributed by atoms with van der Waals surface area (Å²) in [7, 11) is 0. The normalized spacial score (nSPS) is 9.33. The molecule has 12 heteroatoms. The fourth-order valence-electron chi connectivity index (χ4n) is 0.959. The van der Waals surface area contributed by atoms with E-state index in [9.17, 15) is 24.0 Å². The van der Waals surface area contributed by atoms with Crippen molar-refractivity contribution in [2.45, 2.75) is 13.8 Å². The third-order valence-corrected chi connectivity index (χ3v) is 2.72. The second-order valence-corrected chi connectivity index (χ2v) is 4.77. The van der Waals surface area contributed by atoms with Gasteiger partial charge in [-0.3, -0.25) is 19.2 Å². The minimum atomic E-state index is -1.35. The van der Waals surface area contributed by atoms with Crippen LogP contribution in [0.5, 0.6) is 11.5 Å². The number of hydrogen-bond donors (Lipinski definition) is 7. The molecule has 0 aliphatic heterocycles. The molecule has 150 valence electrons. The SMILES string of the molecule is CC(C(=O)O)C(=O)O.CC(C(=O)O)C(=O)O.O=C(O)c1c(O)cccc1O. The van der Waals surface area contributed by atoms with E-state index < -0.39 is 58.7 Å². The van der Waals surface area contributed by atoms with Gasteiger partial charge in [0.05, 0.1) is 0 Å². The van der Waals surface area contributed by atoms with Crippen molar-refractivity contribution in [2.24, 2.45) is 11.8 Å². The number of carbonyl (C=O) groups is 5. The van der Waals surface area contributed by atoms with E-state index in [2.05, 4.69) is 0 Å². The van der Waals surface area contributed by atoms with Crippen molar-refractivity contribution < 1.29 is 59.7 Å². The van der Waals surface area contributed by atoms with Crippen LogP contribution in [0.25, 0.3) is 0 Å². The molecule has 0 aliphatic carbocycles. The third kappa shape index (κ3) is 9.91. The highest BCUT2D eigenvalue weighted by molar-refractivity contribution is 5.94. The van der Waals surface area contributed by atoms with Gasteiger partial charge in [-0.15, -0.1) is 0 Å². The molecular weight excluding hydrogens is 372 g/mol. The molecular formula is C15H18O12. The number of aromatic carboxylic acids is 1. The van der Waals surface area contributed by atoms with E-state index >= 15 is 0 Å². The minimum Gasteiger partial charge on any atom is -0.507 e. The van der Waals surface area contributed by atoms with Gasteiger partial charge in [-0.2, -0.15) is 0 Å². The molecule has 0 aliphatic rings. The Balaban J connectivity index is 0. The number of hydrogen-bond acceptors (Lipinski definition) is 7. The number of benzene rings is 1. The lowest BCUT2D eigenvalue weighted by Crippen LogP contribution is -2.19. The summed E-state index contributed by atoms with van der Waals surface area (Å²) in [6, 6.07) is 3.75. The molecule has 1 rings (SSSR count). The number of carboxylic acids is 5. The van der Waals surface area contributed by atoms with Gasteiger partial charge in [-0.05, 0) is 26.0 Å². The van der Waals surface area contributed by atoms with Gasteiger partial charge in [-0.25, -0.2) is 4.79 Å². The van der Waals surface area contributed by atoms with Crippen LogP contribution in [0.1, 0.15) is 24.2 Å². The van der Waals surface area contributed by atoms with E-state index in [1.165, 1.54) is 18.2 Å². The number of aromatic hydroxyl groups is 2. The maximum atomic E-state index is 10.3. The van der Waals surface area contributed by atoms with E-state index in [1.807, 2.05) is 0 Å². The first-order valence-corrected chi connectivity index (χ1v) is 6.89. The Kier molecular flexibility index (Phi) is 11.0. The molecule has 0 saturated carbocycles. The van der Waals surface area contributed by atoms with E-state index in [4.69, 9.17) is 35.7 Å². The summed E-state index contributed by atoms with van der Waals surface area (Å²) in [5, 5.41) is 58.2. The van der Waals surface area contributed by atoms with Gasteiger partial charge in [-0.1, -0.05) is 6.07 Å². The molecule has 1 aromatic rings. The van der Waals surface area contributed by atoms with Crippen LogP contribution in [0, 0.1) is 11.8 Å². The number of phenols is 2. The van der Waals surface area contributed by atoms with Gasteiger partial charge in [0.1, 0.15) is 17.1 Å². The number of carboxylic acid groups (broad SMARTS) is 5. The fraction of sp³-hybridized carbons (Fsp3) is 0.267. The van der Waals surface area contributed by atoms with Crippen LogP contribution in [0.15, 0.2) is 18.2 Å². The first-order chi connectivity index (χ1) is 12.2. The van der Waals surface area contributed by atoms with Crippen molar-refractivity contribution in [1.82, 2.24) is 0 Å². The number of aliphatic carboxylic acids is 4. The molecule has 7 N–H and O–H groups in total. The molecule has 0 bridgehead atoms.